The lowest BCUT2D eigenvalue weighted by Gasteiger charge is -2.11. The second-order valence-corrected chi connectivity index (χ2v) is 7.67. The Hall–Kier alpha value is -2.19. The molecule has 0 aliphatic rings. The lowest BCUT2D eigenvalue weighted by Crippen LogP contribution is -2.22. The van der Waals surface area contributed by atoms with Crippen LogP contribution in [0, 0.1) is 12.7 Å². The SMILES string of the molecule is Cc1ccc(NC(=O)C(C)SCc2nc(-c3cccs3)no2)cc1F. The Bertz CT molecular complexity index is 865. The maximum Gasteiger partial charge on any atom is 0.237 e. The van der Waals surface area contributed by atoms with E-state index in [4.69, 9.17) is 4.52 Å². The summed E-state index contributed by atoms with van der Waals surface area (Å²) in [6.45, 7) is 3.45. The predicted octanol–water partition coefficient (Wildman–Crippen LogP) is 4.51. The van der Waals surface area contributed by atoms with Crippen LogP contribution in [0.3, 0.4) is 0 Å². The summed E-state index contributed by atoms with van der Waals surface area (Å²) in [5, 5.41) is 8.24. The van der Waals surface area contributed by atoms with Crippen molar-refractivity contribution in [3.63, 3.8) is 0 Å². The van der Waals surface area contributed by atoms with Crippen molar-refractivity contribution in [3.05, 3.63) is 53.0 Å². The number of amides is 1. The van der Waals surface area contributed by atoms with Crippen LogP contribution < -0.4 is 5.32 Å². The van der Waals surface area contributed by atoms with Gasteiger partial charge in [0.15, 0.2) is 0 Å². The largest absolute Gasteiger partial charge is 0.338 e. The third-order valence-electron chi connectivity index (χ3n) is 3.48. The number of anilines is 1. The number of hydrogen-bond donors (Lipinski definition) is 1. The maximum atomic E-state index is 13.5. The topological polar surface area (TPSA) is 68.0 Å². The van der Waals surface area contributed by atoms with Crippen LogP contribution in [0.4, 0.5) is 10.1 Å². The van der Waals surface area contributed by atoms with E-state index in [1.165, 1.54) is 29.2 Å². The molecule has 130 valence electrons. The summed E-state index contributed by atoms with van der Waals surface area (Å²) >= 11 is 2.91. The van der Waals surface area contributed by atoms with Crippen LogP contribution in [0.15, 0.2) is 40.2 Å². The van der Waals surface area contributed by atoms with E-state index >= 15 is 0 Å². The first-order chi connectivity index (χ1) is 12.0. The molecule has 2 heterocycles. The molecule has 0 aliphatic heterocycles. The molecule has 2 aromatic heterocycles. The molecule has 1 unspecified atom stereocenters. The van der Waals surface area contributed by atoms with Crippen molar-refractivity contribution < 1.29 is 13.7 Å². The molecule has 1 aromatic carbocycles. The maximum absolute atomic E-state index is 13.5. The first-order valence-electron chi connectivity index (χ1n) is 7.58. The van der Waals surface area contributed by atoms with Gasteiger partial charge in [0.25, 0.3) is 0 Å². The van der Waals surface area contributed by atoms with Crippen LogP contribution in [-0.4, -0.2) is 21.3 Å². The fourth-order valence-electron chi connectivity index (χ4n) is 2.01. The van der Waals surface area contributed by atoms with Crippen molar-refractivity contribution in [1.29, 1.82) is 0 Å². The highest BCUT2D eigenvalue weighted by atomic mass is 32.2. The van der Waals surface area contributed by atoms with Gasteiger partial charge in [-0.05, 0) is 43.0 Å². The average Bonchev–Trinajstić information content (AvgIpc) is 3.26. The summed E-state index contributed by atoms with van der Waals surface area (Å²) in [6, 6.07) is 8.47. The number of aromatic nitrogens is 2. The number of rotatable bonds is 6. The standard InChI is InChI=1S/C17H16FN3O2S2/c1-10-5-6-12(8-13(10)18)19-17(22)11(2)25-9-15-20-16(21-23-15)14-4-3-7-24-14/h3-8,11H,9H2,1-2H3,(H,19,22). The van der Waals surface area contributed by atoms with Gasteiger partial charge in [-0.25, -0.2) is 4.39 Å². The van der Waals surface area contributed by atoms with Crippen LogP contribution >= 0.6 is 23.1 Å². The molecule has 0 radical (unpaired) electrons. The van der Waals surface area contributed by atoms with E-state index in [1.54, 1.807) is 26.0 Å². The Morgan fingerprint density at radius 1 is 1.44 bits per heavy atom. The zero-order chi connectivity index (χ0) is 17.8. The minimum absolute atomic E-state index is 0.203. The van der Waals surface area contributed by atoms with E-state index in [1.807, 2.05) is 17.5 Å². The Morgan fingerprint density at radius 2 is 2.28 bits per heavy atom. The molecule has 0 aliphatic carbocycles. The number of hydrogen-bond acceptors (Lipinski definition) is 6. The number of halogens is 1. The van der Waals surface area contributed by atoms with Crippen molar-refractivity contribution in [2.45, 2.75) is 24.9 Å². The van der Waals surface area contributed by atoms with Gasteiger partial charge in [-0.2, -0.15) is 4.98 Å². The van der Waals surface area contributed by atoms with E-state index < -0.39 is 0 Å². The minimum atomic E-state index is -0.346. The van der Waals surface area contributed by atoms with Gasteiger partial charge in [0.05, 0.1) is 15.9 Å². The highest BCUT2D eigenvalue weighted by molar-refractivity contribution is 7.99. The van der Waals surface area contributed by atoms with Gasteiger partial charge >= 0.3 is 0 Å². The fourth-order valence-corrected chi connectivity index (χ4v) is 3.38. The number of nitrogens with one attached hydrogen (secondary N) is 1. The number of carbonyl (C=O) groups is 1. The molecule has 5 nitrogen and oxygen atoms in total. The molecular formula is C17H16FN3O2S2. The second-order valence-electron chi connectivity index (χ2n) is 5.40. The molecule has 3 rings (SSSR count). The zero-order valence-electron chi connectivity index (χ0n) is 13.7. The number of thiophene rings is 1. The lowest BCUT2D eigenvalue weighted by atomic mass is 10.2. The van der Waals surface area contributed by atoms with Crippen LogP contribution in [0.5, 0.6) is 0 Å². The molecular weight excluding hydrogens is 361 g/mol. The third-order valence-corrected chi connectivity index (χ3v) is 5.47. The summed E-state index contributed by atoms with van der Waals surface area (Å²) in [7, 11) is 0. The lowest BCUT2D eigenvalue weighted by molar-refractivity contribution is -0.115. The molecule has 0 saturated heterocycles. The molecule has 8 heteroatoms. The van der Waals surface area contributed by atoms with Crippen molar-refractivity contribution in [2.24, 2.45) is 0 Å². The van der Waals surface area contributed by atoms with Crippen molar-refractivity contribution >= 4 is 34.7 Å². The van der Waals surface area contributed by atoms with E-state index in [-0.39, 0.29) is 17.0 Å². The van der Waals surface area contributed by atoms with Gasteiger partial charge in [-0.3, -0.25) is 4.79 Å². The summed E-state index contributed by atoms with van der Waals surface area (Å²) in [5.74, 6) is 0.901. The van der Waals surface area contributed by atoms with Gasteiger partial charge in [-0.15, -0.1) is 23.1 Å². The third kappa shape index (κ3) is 4.46. The molecule has 3 aromatic rings. The van der Waals surface area contributed by atoms with Gasteiger partial charge in [0.1, 0.15) is 5.82 Å². The fraction of sp³-hybridized carbons (Fsp3) is 0.235. The molecule has 1 amide bonds. The smallest absolute Gasteiger partial charge is 0.237 e. The molecule has 0 bridgehead atoms. The van der Waals surface area contributed by atoms with E-state index in [0.717, 1.165) is 4.88 Å². The van der Waals surface area contributed by atoms with Crippen molar-refractivity contribution in [3.8, 4) is 10.7 Å². The van der Waals surface area contributed by atoms with E-state index in [9.17, 15) is 9.18 Å². The zero-order valence-corrected chi connectivity index (χ0v) is 15.3. The van der Waals surface area contributed by atoms with Crippen molar-refractivity contribution in [1.82, 2.24) is 10.1 Å². The van der Waals surface area contributed by atoms with Crippen molar-refractivity contribution in [2.75, 3.05) is 5.32 Å². The van der Waals surface area contributed by atoms with Crippen LogP contribution in [0.1, 0.15) is 18.4 Å². The van der Waals surface area contributed by atoms with Crippen LogP contribution in [-0.2, 0) is 10.5 Å². The van der Waals surface area contributed by atoms with Crippen LogP contribution in [0.25, 0.3) is 10.7 Å². The number of nitrogens with zero attached hydrogens (tertiary/aromatic N) is 2. The van der Waals surface area contributed by atoms with Gasteiger partial charge in [-0.1, -0.05) is 17.3 Å². The summed E-state index contributed by atoms with van der Waals surface area (Å²) in [5.41, 5.74) is 0.983. The normalized spacial score (nSPS) is 12.1. The Kier molecular flexibility index (Phi) is 5.50. The number of benzene rings is 1. The molecule has 1 N–H and O–H groups in total. The average molecular weight is 377 g/mol. The Balaban J connectivity index is 1.54. The quantitative estimate of drug-likeness (QED) is 0.685. The number of thioether (sulfide) groups is 1. The molecule has 25 heavy (non-hydrogen) atoms. The molecule has 0 spiro atoms. The second kappa shape index (κ2) is 7.79. The summed E-state index contributed by atoms with van der Waals surface area (Å²) < 4.78 is 18.7. The minimum Gasteiger partial charge on any atom is -0.338 e. The highest BCUT2D eigenvalue weighted by Crippen LogP contribution is 2.24. The monoisotopic (exact) mass is 377 g/mol. The first-order valence-corrected chi connectivity index (χ1v) is 9.51. The van der Waals surface area contributed by atoms with Gasteiger partial charge < -0.3 is 9.84 Å². The summed E-state index contributed by atoms with van der Waals surface area (Å²) in [6.07, 6.45) is 0. The molecule has 1 atom stereocenters. The number of carbonyl (C=O) groups excluding carboxylic acids is 1. The number of aryl methyl sites for hydroxylation is 1. The van der Waals surface area contributed by atoms with E-state index in [2.05, 4.69) is 15.5 Å². The van der Waals surface area contributed by atoms with E-state index in [0.29, 0.717) is 28.7 Å². The van der Waals surface area contributed by atoms with Gasteiger partial charge in [0, 0.05) is 5.69 Å². The molecule has 0 saturated carbocycles. The molecule has 0 fully saturated rings. The Morgan fingerprint density at radius 3 is 3.00 bits per heavy atom. The van der Waals surface area contributed by atoms with Crippen LogP contribution in [0.2, 0.25) is 0 Å². The highest BCUT2D eigenvalue weighted by Gasteiger charge is 2.17. The predicted molar refractivity (Wildman–Crippen MR) is 98.1 cm³/mol. The Labute approximate surface area is 152 Å². The van der Waals surface area contributed by atoms with Gasteiger partial charge in [0.2, 0.25) is 17.6 Å². The summed E-state index contributed by atoms with van der Waals surface area (Å²) in [4.78, 5) is 17.5. The first kappa shape index (κ1) is 17.6.